The molecule has 158 valence electrons. The minimum Gasteiger partial charge on any atom is -0.467 e. The predicted octanol–water partition coefficient (Wildman–Crippen LogP) is 5.67. The van der Waals surface area contributed by atoms with E-state index in [9.17, 15) is 9.18 Å². The first-order valence-corrected chi connectivity index (χ1v) is 12.2. The average Bonchev–Trinajstić information content (AvgIpc) is 3.44. The Morgan fingerprint density at radius 2 is 2.26 bits per heavy atom. The van der Waals surface area contributed by atoms with Gasteiger partial charge in [0.1, 0.15) is 16.4 Å². The van der Waals surface area contributed by atoms with E-state index in [0.717, 1.165) is 10.4 Å². The number of aromatic nitrogens is 2. The molecule has 0 N–H and O–H groups in total. The van der Waals surface area contributed by atoms with Crippen molar-refractivity contribution < 1.29 is 13.9 Å². The van der Waals surface area contributed by atoms with Crippen molar-refractivity contribution in [2.75, 3.05) is 6.79 Å². The summed E-state index contributed by atoms with van der Waals surface area (Å²) in [5.74, 6) is 0.724. The van der Waals surface area contributed by atoms with Crippen molar-refractivity contribution in [1.82, 2.24) is 9.55 Å². The van der Waals surface area contributed by atoms with Gasteiger partial charge in [0.15, 0.2) is 11.9 Å². The van der Waals surface area contributed by atoms with Gasteiger partial charge in [-0.15, -0.1) is 29.3 Å². The summed E-state index contributed by atoms with van der Waals surface area (Å²) in [6, 6.07) is 6.86. The molecule has 5 rings (SSSR count). The Morgan fingerprint density at radius 3 is 3.06 bits per heavy atom. The summed E-state index contributed by atoms with van der Waals surface area (Å²) in [5.41, 5.74) is 2.22. The van der Waals surface area contributed by atoms with Gasteiger partial charge in [-0.25, -0.2) is 9.37 Å². The van der Waals surface area contributed by atoms with E-state index in [1.807, 2.05) is 22.9 Å². The summed E-state index contributed by atoms with van der Waals surface area (Å²) in [7, 11) is 0. The Morgan fingerprint density at radius 1 is 1.35 bits per heavy atom. The van der Waals surface area contributed by atoms with Crippen LogP contribution in [0.25, 0.3) is 20.7 Å². The van der Waals surface area contributed by atoms with Crippen LogP contribution in [0.1, 0.15) is 11.1 Å². The molecular formula is C22H17FN2O3S3. The molecule has 1 aliphatic rings. The molecule has 0 atom stereocenters. The van der Waals surface area contributed by atoms with Gasteiger partial charge >= 0.3 is 0 Å². The molecule has 5 nitrogen and oxygen atoms in total. The van der Waals surface area contributed by atoms with Crippen molar-refractivity contribution in [3.05, 3.63) is 75.0 Å². The van der Waals surface area contributed by atoms with Crippen LogP contribution in [0.2, 0.25) is 0 Å². The minimum atomic E-state index is -0.339. The third-order valence-corrected chi connectivity index (χ3v) is 7.67. The fourth-order valence-corrected chi connectivity index (χ4v) is 6.30. The van der Waals surface area contributed by atoms with Crippen molar-refractivity contribution >= 4 is 44.7 Å². The molecule has 0 saturated carbocycles. The molecule has 9 heteroatoms. The monoisotopic (exact) mass is 472 g/mol. The summed E-state index contributed by atoms with van der Waals surface area (Å²) in [5, 5.41) is 5.17. The molecule has 4 aromatic rings. The summed E-state index contributed by atoms with van der Waals surface area (Å²) in [4.78, 5) is 19.9. The number of nitrogens with zero attached hydrogens (tertiary/aromatic N) is 2. The summed E-state index contributed by atoms with van der Waals surface area (Å²) in [6.07, 6.45) is 1.68. The van der Waals surface area contributed by atoms with E-state index in [0.29, 0.717) is 51.2 Å². The highest BCUT2D eigenvalue weighted by atomic mass is 32.2. The van der Waals surface area contributed by atoms with Gasteiger partial charge in [-0.2, -0.15) is 0 Å². The van der Waals surface area contributed by atoms with Crippen LogP contribution in [0.15, 0.2) is 57.6 Å². The fourth-order valence-electron chi connectivity index (χ4n) is 3.53. The Kier molecular flexibility index (Phi) is 5.66. The number of allylic oxidation sites excluding steroid dienone is 1. The molecule has 0 amide bonds. The lowest BCUT2D eigenvalue weighted by Gasteiger charge is -2.21. The SMILES string of the molecule is C=CCn1c(SCc2cc(F)cc3c2OCOC3)nc2scc(-c3cccs3)c2c1=O. The second kappa shape index (κ2) is 8.58. The predicted molar refractivity (Wildman–Crippen MR) is 124 cm³/mol. The van der Waals surface area contributed by atoms with Gasteiger partial charge < -0.3 is 9.47 Å². The first-order valence-electron chi connectivity index (χ1n) is 9.47. The van der Waals surface area contributed by atoms with Crippen molar-refractivity contribution in [2.45, 2.75) is 24.1 Å². The molecule has 0 saturated heterocycles. The van der Waals surface area contributed by atoms with Gasteiger partial charge in [0.2, 0.25) is 0 Å². The van der Waals surface area contributed by atoms with Crippen LogP contribution < -0.4 is 10.3 Å². The second-order valence-corrected chi connectivity index (χ2v) is 9.61. The number of rotatable bonds is 6. The maximum atomic E-state index is 14.1. The van der Waals surface area contributed by atoms with Gasteiger partial charge in [-0.05, 0) is 23.6 Å². The van der Waals surface area contributed by atoms with Crippen molar-refractivity contribution in [3.8, 4) is 16.2 Å². The van der Waals surface area contributed by atoms with Crippen LogP contribution in [0.4, 0.5) is 4.39 Å². The lowest BCUT2D eigenvalue weighted by molar-refractivity contribution is -0.0171. The van der Waals surface area contributed by atoms with Crippen LogP contribution in [-0.2, 0) is 23.6 Å². The molecule has 0 unspecified atom stereocenters. The molecule has 0 aliphatic carbocycles. The summed E-state index contributed by atoms with van der Waals surface area (Å²) < 4.78 is 26.6. The van der Waals surface area contributed by atoms with Gasteiger partial charge in [0.05, 0.1) is 12.0 Å². The zero-order chi connectivity index (χ0) is 21.4. The summed E-state index contributed by atoms with van der Waals surface area (Å²) >= 11 is 4.43. The third-order valence-electron chi connectivity index (χ3n) is 4.87. The second-order valence-electron chi connectivity index (χ2n) is 6.86. The number of halogens is 1. The van der Waals surface area contributed by atoms with Crippen LogP contribution in [0, 0.1) is 5.82 Å². The van der Waals surface area contributed by atoms with Crippen LogP contribution in [-0.4, -0.2) is 16.3 Å². The zero-order valence-corrected chi connectivity index (χ0v) is 18.7. The van der Waals surface area contributed by atoms with E-state index in [1.165, 1.54) is 35.2 Å². The van der Waals surface area contributed by atoms with E-state index in [2.05, 4.69) is 6.58 Å². The molecule has 1 aliphatic heterocycles. The normalized spacial score (nSPS) is 13.2. The van der Waals surface area contributed by atoms with E-state index in [-0.39, 0.29) is 18.2 Å². The Labute approximate surface area is 189 Å². The van der Waals surface area contributed by atoms with Gasteiger partial charge in [0, 0.05) is 39.2 Å². The Hall–Kier alpha value is -2.46. The lowest BCUT2D eigenvalue weighted by atomic mass is 10.1. The highest BCUT2D eigenvalue weighted by molar-refractivity contribution is 7.98. The van der Waals surface area contributed by atoms with E-state index in [4.69, 9.17) is 14.5 Å². The number of hydrogen-bond acceptors (Lipinski definition) is 7. The van der Waals surface area contributed by atoms with E-state index in [1.54, 1.807) is 22.0 Å². The maximum absolute atomic E-state index is 14.1. The number of fused-ring (bicyclic) bond motifs is 2. The van der Waals surface area contributed by atoms with Crippen LogP contribution >= 0.6 is 34.4 Å². The molecular weight excluding hydrogens is 455 g/mol. The van der Waals surface area contributed by atoms with Crippen LogP contribution in [0.3, 0.4) is 0 Å². The quantitative estimate of drug-likeness (QED) is 0.206. The molecule has 1 aromatic carbocycles. The molecule has 4 heterocycles. The third kappa shape index (κ3) is 3.82. The highest BCUT2D eigenvalue weighted by Gasteiger charge is 2.20. The minimum absolute atomic E-state index is 0.0945. The van der Waals surface area contributed by atoms with Crippen molar-refractivity contribution in [2.24, 2.45) is 0 Å². The number of thiophene rings is 2. The van der Waals surface area contributed by atoms with Gasteiger partial charge in [-0.3, -0.25) is 9.36 Å². The fraction of sp³-hybridized carbons (Fsp3) is 0.182. The van der Waals surface area contributed by atoms with E-state index >= 15 is 0 Å². The van der Waals surface area contributed by atoms with Gasteiger partial charge in [0.25, 0.3) is 5.56 Å². The average molecular weight is 473 g/mol. The Balaban J connectivity index is 1.55. The van der Waals surface area contributed by atoms with Gasteiger partial charge in [-0.1, -0.05) is 23.9 Å². The maximum Gasteiger partial charge on any atom is 0.263 e. The topological polar surface area (TPSA) is 53.4 Å². The zero-order valence-electron chi connectivity index (χ0n) is 16.3. The molecule has 0 fully saturated rings. The smallest absolute Gasteiger partial charge is 0.263 e. The first-order chi connectivity index (χ1) is 15.2. The van der Waals surface area contributed by atoms with Crippen molar-refractivity contribution in [1.29, 1.82) is 0 Å². The number of ether oxygens (including phenoxy) is 2. The van der Waals surface area contributed by atoms with Crippen molar-refractivity contribution in [3.63, 3.8) is 0 Å². The number of hydrogen-bond donors (Lipinski definition) is 0. The van der Waals surface area contributed by atoms with E-state index < -0.39 is 0 Å². The molecule has 0 radical (unpaired) electrons. The van der Waals surface area contributed by atoms with Crippen LogP contribution in [0.5, 0.6) is 5.75 Å². The lowest BCUT2D eigenvalue weighted by Crippen LogP contribution is -2.22. The molecule has 31 heavy (non-hydrogen) atoms. The molecule has 0 spiro atoms. The molecule has 3 aromatic heterocycles. The standard InChI is InChI=1S/C22H17FN2O3S3/c1-2-5-25-21(26)18-16(17-4-3-6-29-17)11-30-20(18)24-22(25)31-10-14-8-15(23)7-13-9-27-12-28-19(13)14/h2-4,6-8,11H,1,5,9-10,12H2. The highest BCUT2D eigenvalue weighted by Crippen LogP contribution is 2.36. The first kappa shape index (κ1) is 20.4. The summed E-state index contributed by atoms with van der Waals surface area (Å²) in [6.45, 7) is 4.59. The largest absolute Gasteiger partial charge is 0.467 e. The number of thioether (sulfide) groups is 1. The Bertz CT molecular complexity index is 1330. The number of benzene rings is 1. The molecule has 0 bridgehead atoms.